The van der Waals surface area contributed by atoms with E-state index in [0.29, 0.717) is 34.4 Å². The minimum Gasteiger partial charge on any atom is -0.386 e. The van der Waals surface area contributed by atoms with Crippen molar-refractivity contribution >= 4 is 17.0 Å². The molecule has 0 aliphatic heterocycles. The van der Waals surface area contributed by atoms with Crippen molar-refractivity contribution in [3.05, 3.63) is 34.2 Å². The maximum Gasteiger partial charge on any atom is 0.439 e. The van der Waals surface area contributed by atoms with E-state index < -0.39 is 17.2 Å². The van der Waals surface area contributed by atoms with Gasteiger partial charge in [0.25, 0.3) is 0 Å². The van der Waals surface area contributed by atoms with Crippen LogP contribution >= 0.6 is 0 Å². The van der Waals surface area contributed by atoms with E-state index in [1.807, 2.05) is 0 Å². The fourth-order valence-electron chi connectivity index (χ4n) is 5.48. The molecule has 0 spiro atoms. The van der Waals surface area contributed by atoms with E-state index in [1.165, 1.54) is 58.4 Å². The molecule has 0 radical (unpaired) electrons. The Morgan fingerprint density at radius 2 is 1.88 bits per heavy atom. The molecule has 2 aliphatic rings. The summed E-state index contributed by atoms with van der Waals surface area (Å²) < 4.78 is 20.7. The molecule has 41 heavy (non-hydrogen) atoms. The zero-order chi connectivity index (χ0) is 29.3. The molecule has 2 saturated carbocycles. The predicted molar refractivity (Wildman–Crippen MR) is 154 cm³/mol. The summed E-state index contributed by atoms with van der Waals surface area (Å²) in [6, 6.07) is 1.63. The third-order valence-corrected chi connectivity index (χ3v) is 8.24. The smallest absolute Gasteiger partial charge is 0.386 e. The van der Waals surface area contributed by atoms with Crippen LogP contribution in [0.4, 0.5) is 10.2 Å². The second kappa shape index (κ2) is 11.7. The summed E-state index contributed by atoms with van der Waals surface area (Å²) in [6.07, 6.45) is 12.0. The first-order chi connectivity index (χ1) is 19.5. The second-order valence-electron chi connectivity index (χ2n) is 12.0. The van der Waals surface area contributed by atoms with Gasteiger partial charge in [0, 0.05) is 18.7 Å². The van der Waals surface area contributed by atoms with Crippen LogP contribution in [0.2, 0.25) is 0 Å². The van der Waals surface area contributed by atoms with Gasteiger partial charge in [-0.2, -0.15) is 0 Å². The minimum absolute atomic E-state index is 0.0858. The van der Waals surface area contributed by atoms with E-state index in [-0.39, 0.29) is 23.3 Å². The molecule has 11 nitrogen and oxygen atoms in total. The lowest BCUT2D eigenvalue weighted by atomic mass is 9.80. The number of H-pyrrole nitrogens is 1. The summed E-state index contributed by atoms with van der Waals surface area (Å²) in [5, 5.41) is 17.5. The summed E-state index contributed by atoms with van der Waals surface area (Å²) in [5.74, 6) is 1.42. The van der Waals surface area contributed by atoms with Crippen molar-refractivity contribution in [2.45, 2.75) is 90.7 Å². The van der Waals surface area contributed by atoms with Gasteiger partial charge in [0.1, 0.15) is 17.0 Å². The summed E-state index contributed by atoms with van der Waals surface area (Å²) >= 11 is 0. The second-order valence-corrected chi connectivity index (χ2v) is 12.0. The number of aryl methyl sites for hydroxylation is 1. The molecular formula is C29H39FN8O3. The Labute approximate surface area is 238 Å². The Kier molecular flexibility index (Phi) is 8.21. The Morgan fingerprint density at radius 3 is 2.44 bits per heavy atom. The first-order valence-electron chi connectivity index (χ1n) is 14.5. The fraction of sp³-hybridized carbons (Fsp3) is 0.586. The highest BCUT2D eigenvalue weighted by atomic mass is 19.1. The number of aromatic nitrogens is 7. The van der Waals surface area contributed by atoms with Crippen molar-refractivity contribution in [2.24, 2.45) is 18.9 Å². The average Bonchev–Trinajstić information content (AvgIpc) is 3.46. The lowest BCUT2D eigenvalue weighted by Crippen LogP contribution is -2.31. The number of halogens is 1. The topological polar surface area (TPSA) is 148 Å². The molecule has 3 N–H and O–H groups in total. The van der Waals surface area contributed by atoms with Crippen LogP contribution in [0.5, 0.6) is 0 Å². The summed E-state index contributed by atoms with van der Waals surface area (Å²) in [5.41, 5.74) is 0.0301. The van der Waals surface area contributed by atoms with Crippen LogP contribution in [0.25, 0.3) is 34.3 Å². The predicted octanol–water partition coefficient (Wildman–Crippen LogP) is 5.32. The number of fused-ring (bicyclic) bond motifs is 1. The van der Waals surface area contributed by atoms with Gasteiger partial charge in [0.15, 0.2) is 17.3 Å². The summed E-state index contributed by atoms with van der Waals surface area (Å²) in [7, 11) is 1.79. The molecule has 4 heterocycles. The maximum atomic E-state index is 14.3. The van der Waals surface area contributed by atoms with Gasteiger partial charge in [0.05, 0.1) is 11.8 Å². The summed E-state index contributed by atoms with van der Waals surface area (Å²) in [4.78, 5) is 31.8. The Balaban J connectivity index is 0.000000423. The van der Waals surface area contributed by atoms with Crippen molar-refractivity contribution in [1.82, 2.24) is 34.6 Å². The van der Waals surface area contributed by atoms with E-state index >= 15 is 0 Å². The Bertz CT molecular complexity index is 1560. The molecule has 12 heteroatoms. The number of hydrogen-bond acceptors (Lipinski definition) is 9. The van der Waals surface area contributed by atoms with Gasteiger partial charge in [-0.15, -0.1) is 0 Å². The van der Waals surface area contributed by atoms with Crippen LogP contribution in [-0.2, 0) is 12.6 Å². The zero-order valence-corrected chi connectivity index (χ0v) is 24.4. The van der Waals surface area contributed by atoms with Crippen molar-refractivity contribution in [2.75, 3.05) is 5.32 Å². The molecule has 6 rings (SSSR count). The molecule has 2 fully saturated rings. The number of aliphatic hydroxyl groups is 1. The van der Waals surface area contributed by atoms with Crippen LogP contribution in [0, 0.1) is 17.7 Å². The van der Waals surface area contributed by atoms with Crippen molar-refractivity contribution in [1.29, 1.82) is 0 Å². The Morgan fingerprint density at radius 1 is 1.15 bits per heavy atom. The van der Waals surface area contributed by atoms with Crippen LogP contribution in [0.15, 0.2) is 21.6 Å². The number of hydrogen-bond donors (Lipinski definition) is 3. The number of nitrogens with zero attached hydrogens (tertiary/aromatic N) is 6. The van der Waals surface area contributed by atoms with Crippen molar-refractivity contribution < 1.29 is 14.0 Å². The number of anilines is 1. The molecule has 1 atom stereocenters. The minimum atomic E-state index is -1.40. The highest BCUT2D eigenvalue weighted by Crippen LogP contribution is 2.34. The van der Waals surface area contributed by atoms with Crippen LogP contribution in [0.3, 0.4) is 0 Å². The number of imidazole rings is 1. The van der Waals surface area contributed by atoms with E-state index in [4.69, 9.17) is 0 Å². The first kappa shape index (κ1) is 28.8. The van der Waals surface area contributed by atoms with E-state index in [0.717, 1.165) is 25.0 Å². The van der Waals surface area contributed by atoms with Crippen LogP contribution in [0.1, 0.15) is 84.6 Å². The van der Waals surface area contributed by atoms with Gasteiger partial charge >= 0.3 is 5.76 Å². The molecule has 220 valence electrons. The first-order valence-corrected chi connectivity index (χ1v) is 14.5. The van der Waals surface area contributed by atoms with Gasteiger partial charge in [-0.05, 0) is 51.5 Å². The van der Waals surface area contributed by atoms with Crippen molar-refractivity contribution in [3.8, 4) is 23.2 Å². The molecule has 4 aromatic rings. The molecule has 0 saturated heterocycles. The standard InChI is InChI=1S/C22H25FN8O3.C7H14/c1-10(11-6-5-7-11)25-16-15-17(27-18(26-16)19-29-21(32)34-30-19)28-20(31(15)4)14-8-12(22(2,3)33)13(23)9-24-14;1-7-5-3-2-4-6-7/h8-11,33H,5-7H2,1-4H3,(H,25,26,27)(H,29,30,32);7H,2-6H2,1H3. The highest BCUT2D eigenvalue weighted by molar-refractivity contribution is 5.88. The average molecular weight is 567 g/mol. The van der Waals surface area contributed by atoms with Crippen molar-refractivity contribution in [3.63, 3.8) is 0 Å². The van der Waals surface area contributed by atoms with E-state index in [1.54, 1.807) is 11.6 Å². The van der Waals surface area contributed by atoms with Gasteiger partial charge < -0.3 is 15.0 Å². The van der Waals surface area contributed by atoms with E-state index in [9.17, 15) is 14.3 Å². The lowest BCUT2D eigenvalue weighted by molar-refractivity contribution is 0.0744. The normalized spacial score (nSPS) is 17.1. The third-order valence-electron chi connectivity index (χ3n) is 8.24. The number of rotatable bonds is 6. The number of pyridine rings is 1. The zero-order valence-electron chi connectivity index (χ0n) is 24.4. The lowest BCUT2D eigenvalue weighted by Gasteiger charge is -2.32. The quantitative estimate of drug-likeness (QED) is 0.282. The van der Waals surface area contributed by atoms with Gasteiger partial charge in [0.2, 0.25) is 11.6 Å². The molecule has 4 aromatic heterocycles. The van der Waals surface area contributed by atoms with Gasteiger partial charge in [-0.3, -0.25) is 9.51 Å². The monoisotopic (exact) mass is 566 g/mol. The number of aromatic amines is 1. The molecule has 0 aromatic carbocycles. The maximum absolute atomic E-state index is 14.3. The van der Waals surface area contributed by atoms with Gasteiger partial charge in [-0.1, -0.05) is 50.6 Å². The third kappa shape index (κ3) is 6.32. The number of nitrogens with one attached hydrogen (secondary N) is 2. The van der Waals surface area contributed by atoms with Crippen LogP contribution in [-0.4, -0.2) is 45.8 Å². The molecule has 1 unspecified atom stereocenters. The summed E-state index contributed by atoms with van der Waals surface area (Å²) in [6.45, 7) is 7.47. The molecule has 0 amide bonds. The largest absolute Gasteiger partial charge is 0.439 e. The molecular weight excluding hydrogens is 527 g/mol. The SMILES string of the molecule is CC(Nc1nc(-c2noc(=O)[nH]2)nc2nc(-c3cc(C(C)(C)O)c(F)cn3)n(C)c12)C1CCC1.CC1CCCCC1. The highest BCUT2D eigenvalue weighted by Gasteiger charge is 2.28. The molecule has 0 bridgehead atoms. The van der Waals surface area contributed by atoms with Crippen LogP contribution < -0.4 is 11.1 Å². The fourth-order valence-corrected chi connectivity index (χ4v) is 5.48. The van der Waals surface area contributed by atoms with E-state index in [2.05, 4.69) is 53.8 Å². The Hall–Kier alpha value is -3.67. The molecule has 2 aliphatic carbocycles. The van der Waals surface area contributed by atoms with Gasteiger partial charge in [-0.25, -0.2) is 29.1 Å².